The Labute approximate surface area is 136 Å². The average molecular weight is 326 g/mol. The van der Waals surface area contributed by atoms with E-state index in [2.05, 4.69) is 42.2 Å². The fraction of sp³-hybridized carbons (Fsp3) is 0.0588. The molecule has 0 aliphatic rings. The maximum absolute atomic E-state index is 10.8. The number of thiophene rings is 1. The summed E-state index contributed by atoms with van der Waals surface area (Å²) in [6, 6.07) is 10.5. The average Bonchev–Trinajstić information content (AvgIpc) is 2.92. The van der Waals surface area contributed by atoms with Crippen molar-refractivity contribution in [1.29, 1.82) is 0 Å². The summed E-state index contributed by atoms with van der Waals surface area (Å²) in [4.78, 5) is 18.4. The molecule has 0 spiro atoms. The minimum atomic E-state index is -0.440. The first-order valence-corrected chi connectivity index (χ1v) is 8.35. The van der Waals surface area contributed by atoms with Gasteiger partial charge in [0.15, 0.2) is 0 Å². The molecule has 0 saturated carbocycles. The fourth-order valence-electron chi connectivity index (χ4n) is 2.02. The molecule has 3 nitrogen and oxygen atoms in total. The number of benzene rings is 1. The molecule has 0 atom stereocenters. The van der Waals surface area contributed by atoms with Gasteiger partial charge in [0.05, 0.1) is 4.70 Å². The Hall–Kier alpha value is -2.11. The van der Waals surface area contributed by atoms with Crippen molar-refractivity contribution in [2.24, 2.45) is 5.73 Å². The number of aromatic nitrogens is 1. The van der Waals surface area contributed by atoms with E-state index in [9.17, 15) is 4.79 Å². The van der Waals surface area contributed by atoms with Gasteiger partial charge in [-0.15, -0.1) is 11.3 Å². The van der Waals surface area contributed by atoms with E-state index < -0.39 is 5.91 Å². The van der Waals surface area contributed by atoms with E-state index >= 15 is 0 Å². The quantitative estimate of drug-likeness (QED) is 0.729. The third-order valence-electron chi connectivity index (χ3n) is 3.09. The number of carbonyl (C=O) groups is 1. The Balaban J connectivity index is 1.95. The molecule has 22 heavy (non-hydrogen) atoms. The van der Waals surface area contributed by atoms with E-state index in [0.29, 0.717) is 0 Å². The number of pyridine rings is 1. The molecule has 3 aromatic rings. The molecule has 110 valence electrons. The standard InChI is InChI=1S/C17H14N2OS2/c1-11-2-4-12(5-3-11)21-15-9-19-10-16-14(15)8-13(22-16)6-7-17(18)20/h2-10H,1H3,(H2,18,20)/b7-6+. The molecule has 0 saturated heterocycles. The van der Waals surface area contributed by atoms with Crippen LogP contribution in [0.5, 0.6) is 0 Å². The minimum Gasteiger partial charge on any atom is -0.366 e. The van der Waals surface area contributed by atoms with Crippen molar-refractivity contribution < 1.29 is 4.79 Å². The van der Waals surface area contributed by atoms with Crippen LogP contribution in [0.1, 0.15) is 10.4 Å². The number of nitrogens with zero attached hydrogens (tertiary/aromatic N) is 1. The number of primary amides is 1. The number of nitrogens with two attached hydrogens (primary N) is 1. The van der Waals surface area contributed by atoms with Crippen LogP contribution >= 0.6 is 23.1 Å². The topological polar surface area (TPSA) is 56.0 Å². The first-order chi connectivity index (χ1) is 10.6. The van der Waals surface area contributed by atoms with Crippen molar-refractivity contribution in [1.82, 2.24) is 4.98 Å². The summed E-state index contributed by atoms with van der Waals surface area (Å²) in [5.74, 6) is -0.440. The van der Waals surface area contributed by atoms with Crippen LogP contribution in [-0.4, -0.2) is 10.9 Å². The molecule has 1 aromatic carbocycles. The number of hydrogen-bond acceptors (Lipinski definition) is 4. The summed E-state index contributed by atoms with van der Waals surface area (Å²) in [5, 5.41) is 1.15. The van der Waals surface area contributed by atoms with Gasteiger partial charge in [-0.25, -0.2) is 0 Å². The molecule has 0 bridgehead atoms. The summed E-state index contributed by atoms with van der Waals surface area (Å²) >= 11 is 3.29. The van der Waals surface area contributed by atoms with Crippen LogP contribution in [0.25, 0.3) is 16.2 Å². The number of amides is 1. The lowest BCUT2D eigenvalue weighted by Crippen LogP contribution is -2.04. The van der Waals surface area contributed by atoms with Crippen LogP contribution in [-0.2, 0) is 4.79 Å². The zero-order valence-corrected chi connectivity index (χ0v) is 13.6. The summed E-state index contributed by atoms with van der Waals surface area (Å²) < 4.78 is 1.10. The second-order valence-electron chi connectivity index (χ2n) is 4.85. The molecule has 0 radical (unpaired) electrons. The van der Waals surface area contributed by atoms with Crippen molar-refractivity contribution in [3.05, 3.63) is 59.2 Å². The van der Waals surface area contributed by atoms with Crippen LogP contribution < -0.4 is 5.73 Å². The molecule has 2 aromatic heterocycles. The zero-order chi connectivity index (χ0) is 15.5. The van der Waals surface area contributed by atoms with Crippen molar-refractivity contribution in [3.63, 3.8) is 0 Å². The van der Waals surface area contributed by atoms with Gasteiger partial charge in [-0.3, -0.25) is 9.78 Å². The first-order valence-electron chi connectivity index (χ1n) is 6.71. The van der Waals surface area contributed by atoms with Gasteiger partial charge in [-0.1, -0.05) is 29.5 Å². The fourth-order valence-corrected chi connectivity index (χ4v) is 3.96. The lowest BCUT2D eigenvalue weighted by Gasteiger charge is -2.03. The Morgan fingerprint density at radius 3 is 2.77 bits per heavy atom. The lowest BCUT2D eigenvalue weighted by atomic mass is 10.2. The van der Waals surface area contributed by atoms with E-state index in [4.69, 9.17) is 5.73 Å². The summed E-state index contributed by atoms with van der Waals surface area (Å²) in [6.07, 6.45) is 6.85. The minimum absolute atomic E-state index is 0.440. The van der Waals surface area contributed by atoms with Crippen LogP contribution in [0.3, 0.4) is 0 Å². The monoisotopic (exact) mass is 326 g/mol. The number of fused-ring (bicyclic) bond motifs is 1. The van der Waals surface area contributed by atoms with Gasteiger partial charge >= 0.3 is 0 Å². The maximum atomic E-state index is 10.8. The van der Waals surface area contributed by atoms with E-state index in [-0.39, 0.29) is 0 Å². The largest absolute Gasteiger partial charge is 0.366 e. The van der Waals surface area contributed by atoms with Crippen molar-refractivity contribution in [2.75, 3.05) is 0 Å². The normalized spacial score (nSPS) is 11.3. The highest BCUT2D eigenvalue weighted by atomic mass is 32.2. The molecule has 2 heterocycles. The molecule has 3 rings (SSSR count). The predicted octanol–water partition coefficient (Wildman–Crippen LogP) is 4.25. The summed E-state index contributed by atoms with van der Waals surface area (Å²) in [6.45, 7) is 2.08. The molecular formula is C17H14N2OS2. The van der Waals surface area contributed by atoms with Gasteiger partial charge in [-0.05, 0) is 31.2 Å². The Bertz CT molecular complexity index is 851. The molecule has 0 fully saturated rings. The molecule has 1 amide bonds. The van der Waals surface area contributed by atoms with E-state index in [1.807, 2.05) is 12.4 Å². The molecular weight excluding hydrogens is 312 g/mol. The van der Waals surface area contributed by atoms with Gasteiger partial charge in [0.2, 0.25) is 5.91 Å². The summed E-state index contributed by atoms with van der Waals surface area (Å²) in [7, 11) is 0. The Kier molecular flexibility index (Phi) is 4.27. The zero-order valence-electron chi connectivity index (χ0n) is 11.9. The highest BCUT2D eigenvalue weighted by Crippen LogP contribution is 2.36. The van der Waals surface area contributed by atoms with E-state index in [1.165, 1.54) is 16.5 Å². The molecule has 5 heteroatoms. The third-order valence-corrected chi connectivity index (χ3v) is 5.18. The second kappa shape index (κ2) is 6.34. The van der Waals surface area contributed by atoms with E-state index in [0.717, 1.165) is 19.9 Å². The SMILES string of the molecule is Cc1ccc(Sc2cncc3sc(/C=C/C(N)=O)cc23)cc1. The predicted molar refractivity (Wildman–Crippen MR) is 93.2 cm³/mol. The van der Waals surface area contributed by atoms with Gasteiger partial charge in [0.1, 0.15) is 0 Å². The molecule has 0 unspecified atom stereocenters. The van der Waals surface area contributed by atoms with Gasteiger partial charge in [-0.2, -0.15) is 0 Å². The highest BCUT2D eigenvalue weighted by Gasteiger charge is 2.07. The van der Waals surface area contributed by atoms with Crippen molar-refractivity contribution in [2.45, 2.75) is 16.7 Å². The van der Waals surface area contributed by atoms with E-state index in [1.54, 1.807) is 29.2 Å². The van der Waals surface area contributed by atoms with Crippen LogP contribution in [0.15, 0.2) is 58.6 Å². The van der Waals surface area contributed by atoms with Crippen molar-refractivity contribution in [3.8, 4) is 0 Å². The smallest absolute Gasteiger partial charge is 0.241 e. The highest BCUT2D eigenvalue weighted by molar-refractivity contribution is 7.99. The van der Waals surface area contributed by atoms with Crippen molar-refractivity contribution >= 4 is 45.2 Å². The first kappa shape index (κ1) is 14.8. The molecule has 0 aliphatic heterocycles. The number of rotatable bonds is 4. The Morgan fingerprint density at radius 1 is 1.27 bits per heavy atom. The lowest BCUT2D eigenvalue weighted by molar-refractivity contribution is -0.113. The molecule has 2 N–H and O–H groups in total. The van der Waals surface area contributed by atoms with Gasteiger partial charge in [0.25, 0.3) is 0 Å². The Morgan fingerprint density at radius 2 is 2.05 bits per heavy atom. The van der Waals surface area contributed by atoms with Gasteiger partial charge < -0.3 is 5.73 Å². The third kappa shape index (κ3) is 3.37. The number of hydrogen-bond donors (Lipinski definition) is 1. The number of aryl methyl sites for hydroxylation is 1. The second-order valence-corrected chi connectivity index (χ2v) is 7.08. The maximum Gasteiger partial charge on any atom is 0.241 e. The summed E-state index contributed by atoms with van der Waals surface area (Å²) in [5.41, 5.74) is 6.39. The molecule has 0 aliphatic carbocycles. The van der Waals surface area contributed by atoms with Gasteiger partial charge in [0, 0.05) is 38.5 Å². The van der Waals surface area contributed by atoms with Crippen LogP contribution in [0, 0.1) is 6.92 Å². The van der Waals surface area contributed by atoms with Crippen LogP contribution in [0.4, 0.5) is 0 Å². The number of carbonyl (C=O) groups excluding carboxylic acids is 1. The van der Waals surface area contributed by atoms with Crippen LogP contribution in [0.2, 0.25) is 0 Å².